The Hall–Kier alpha value is -3.77. The number of carbonyl (C=O) groups excluding carboxylic acids is 6. The van der Waals surface area contributed by atoms with Crippen LogP contribution in [-0.2, 0) is 38.3 Å². The Bertz CT molecular complexity index is 982. The molecule has 5 amide bonds. The number of rotatable bonds is 16. The van der Waals surface area contributed by atoms with Gasteiger partial charge < -0.3 is 25.8 Å². The molecular formula is C27H42N4O9. The number of carboxylic acids is 1. The zero-order chi connectivity index (χ0) is 30.6. The lowest BCUT2D eigenvalue weighted by Gasteiger charge is -2.26. The van der Waals surface area contributed by atoms with Crippen LogP contribution < -0.4 is 16.0 Å². The number of amides is 5. The molecule has 4 N–H and O–H groups in total. The van der Waals surface area contributed by atoms with Crippen molar-refractivity contribution < 1.29 is 43.4 Å². The molecule has 0 saturated heterocycles. The van der Waals surface area contributed by atoms with Crippen LogP contribution in [0.2, 0.25) is 0 Å². The first-order valence-electron chi connectivity index (χ1n) is 13.4. The van der Waals surface area contributed by atoms with Gasteiger partial charge in [0.1, 0.15) is 23.7 Å². The molecule has 0 aromatic carbocycles. The Morgan fingerprint density at radius 1 is 0.875 bits per heavy atom. The van der Waals surface area contributed by atoms with Crippen molar-refractivity contribution in [3.8, 4) is 0 Å². The van der Waals surface area contributed by atoms with Crippen LogP contribution in [0.3, 0.4) is 0 Å². The molecule has 0 fully saturated rings. The number of esters is 1. The summed E-state index contributed by atoms with van der Waals surface area (Å²) in [5.41, 5.74) is -0.736. The van der Waals surface area contributed by atoms with Gasteiger partial charge in [0, 0.05) is 31.5 Å². The first-order valence-corrected chi connectivity index (χ1v) is 13.4. The summed E-state index contributed by atoms with van der Waals surface area (Å²) in [6, 6.07) is -3.41. The van der Waals surface area contributed by atoms with E-state index in [1.165, 1.54) is 19.1 Å². The van der Waals surface area contributed by atoms with Gasteiger partial charge in [0.15, 0.2) is 0 Å². The Balaban J connectivity index is 2.78. The van der Waals surface area contributed by atoms with Crippen molar-refractivity contribution in [1.29, 1.82) is 0 Å². The van der Waals surface area contributed by atoms with Gasteiger partial charge >= 0.3 is 11.9 Å². The number of hydrogen-bond donors (Lipinski definition) is 4. The van der Waals surface area contributed by atoms with Crippen molar-refractivity contribution in [2.75, 3.05) is 6.54 Å². The van der Waals surface area contributed by atoms with Gasteiger partial charge in [-0.2, -0.15) is 0 Å². The predicted molar refractivity (Wildman–Crippen MR) is 143 cm³/mol. The zero-order valence-electron chi connectivity index (χ0n) is 24.1. The van der Waals surface area contributed by atoms with Gasteiger partial charge in [0.25, 0.3) is 11.8 Å². The average molecular weight is 567 g/mol. The van der Waals surface area contributed by atoms with E-state index in [-0.39, 0.29) is 37.6 Å². The SMILES string of the molecule is CC(C)[C@H](NC(=O)C(CCC(=O)OC(C)(C)C)NC(=O)CCCCCN1C(=O)C=CC1=O)C(=O)N[C@@H](C)C(=O)O. The Morgan fingerprint density at radius 3 is 2.00 bits per heavy atom. The largest absolute Gasteiger partial charge is 0.480 e. The van der Waals surface area contributed by atoms with Crippen molar-refractivity contribution >= 4 is 41.5 Å². The molecule has 0 radical (unpaired) electrons. The highest BCUT2D eigenvalue weighted by atomic mass is 16.6. The third kappa shape index (κ3) is 12.4. The summed E-state index contributed by atoms with van der Waals surface area (Å²) in [6.45, 7) is 9.98. The highest BCUT2D eigenvalue weighted by Crippen LogP contribution is 2.12. The maximum Gasteiger partial charge on any atom is 0.325 e. The Kier molecular flexibility index (Phi) is 13.5. The molecule has 0 aromatic rings. The minimum absolute atomic E-state index is 0.0561. The average Bonchev–Trinajstić information content (AvgIpc) is 3.15. The van der Waals surface area contributed by atoms with E-state index >= 15 is 0 Å². The van der Waals surface area contributed by atoms with Gasteiger partial charge in [0.05, 0.1) is 0 Å². The van der Waals surface area contributed by atoms with Crippen molar-refractivity contribution in [1.82, 2.24) is 20.9 Å². The summed E-state index contributed by atoms with van der Waals surface area (Å²) < 4.78 is 5.29. The first kappa shape index (κ1) is 34.3. The van der Waals surface area contributed by atoms with Crippen molar-refractivity contribution in [2.45, 2.75) is 104 Å². The fraction of sp³-hybridized carbons (Fsp3) is 0.667. The fourth-order valence-corrected chi connectivity index (χ4v) is 3.73. The summed E-state index contributed by atoms with van der Waals surface area (Å²) in [6.07, 6.45) is 3.70. The lowest BCUT2D eigenvalue weighted by Crippen LogP contribution is -2.57. The summed E-state index contributed by atoms with van der Waals surface area (Å²) in [5.74, 6) is -4.79. The third-order valence-electron chi connectivity index (χ3n) is 5.87. The van der Waals surface area contributed by atoms with Crippen LogP contribution in [-0.4, -0.2) is 81.8 Å². The predicted octanol–water partition coefficient (Wildman–Crippen LogP) is 0.809. The molecule has 224 valence electrons. The van der Waals surface area contributed by atoms with Crippen LogP contribution in [0.25, 0.3) is 0 Å². The van der Waals surface area contributed by atoms with E-state index in [4.69, 9.17) is 9.84 Å². The topological polar surface area (TPSA) is 188 Å². The third-order valence-corrected chi connectivity index (χ3v) is 5.87. The van der Waals surface area contributed by atoms with Crippen molar-refractivity contribution in [3.63, 3.8) is 0 Å². The number of imide groups is 1. The molecule has 1 rings (SSSR count). The van der Waals surface area contributed by atoms with Crippen LogP contribution in [0.15, 0.2) is 12.2 Å². The normalized spacial score (nSPS) is 15.4. The number of carbonyl (C=O) groups is 7. The van der Waals surface area contributed by atoms with Crippen molar-refractivity contribution in [2.24, 2.45) is 5.92 Å². The zero-order valence-corrected chi connectivity index (χ0v) is 24.1. The van der Waals surface area contributed by atoms with E-state index in [2.05, 4.69) is 16.0 Å². The van der Waals surface area contributed by atoms with E-state index < -0.39 is 59.3 Å². The molecule has 0 saturated carbocycles. The molecule has 0 bridgehead atoms. The van der Waals surface area contributed by atoms with E-state index in [0.29, 0.717) is 19.3 Å². The minimum Gasteiger partial charge on any atom is -0.480 e. The molecule has 0 aliphatic carbocycles. The Labute approximate surface area is 234 Å². The van der Waals surface area contributed by atoms with Crippen LogP contribution in [0.4, 0.5) is 0 Å². The second-order valence-corrected chi connectivity index (χ2v) is 11.0. The van der Waals surface area contributed by atoms with Crippen molar-refractivity contribution in [3.05, 3.63) is 12.2 Å². The quantitative estimate of drug-likeness (QED) is 0.119. The number of unbranched alkanes of at least 4 members (excludes halogenated alkanes) is 2. The summed E-state index contributed by atoms with van der Waals surface area (Å²) >= 11 is 0. The number of nitrogens with one attached hydrogen (secondary N) is 3. The number of aliphatic carboxylic acids is 1. The number of ether oxygens (including phenoxy) is 1. The minimum atomic E-state index is -1.24. The molecule has 40 heavy (non-hydrogen) atoms. The van der Waals surface area contributed by atoms with Gasteiger partial charge in [-0.15, -0.1) is 0 Å². The summed E-state index contributed by atoms with van der Waals surface area (Å²) in [4.78, 5) is 86.1. The van der Waals surface area contributed by atoms with Crippen LogP contribution >= 0.6 is 0 Å². The van der Waals surface area contributed by atoms with E-state index in [1.54, 1.807) is 34.6 Å². The molecule has 1 unspecified atom stereocenters. The number of hydrogen-bond acceptors (Lipinski definition) is 8. The standard InChI is InChI=1S/C27H42N4O9/c1-16(2)23(25(37)28-17(3)26(38)39)30-24(36)18(11-14-22(35)40-27(4,5)6)29-19(32)10-8-7-9-15-31-20(33)12-13-21(31)34/h12-13,16-18,23H,7-11,14-15H2,1-6H3,(H,28,37)(H,29,32)(H,30,36)(H,38,39)/t17-,18?,23-/m0/s1. The molecular weight excluding hydrogens is 524 g/mol. The lowest BCUT2D eigenvalue weighted by atomic mass is 10.0. The Morgan fingerprint density at radius 2 is 1.48 bits per heavy atom. The number of carboxylic acid groups (broad SMARTS) is 1. The summed E-state index contributed by atoms with van der Waals surface area (Å²) in [7, 11) is 0. The smallest absolute Gasteiger partial charge is 0.325 e. The van der Waals surface area contributed by atoms with Gasteiger partial charge in [-0.3, -0.25) is 38.5 Å². The van der Waals surface area contributed by atoms with Gasteiger partial charge in [-0.05, 0) is 52.9 Å². The molecule has 1 aliphatic rings. The van der Waals surface area contributed by atoms with E-state index in [0.717, 1.165) is 4.90 Å². The molecule has 3 atom stereocenters. The van der Waals surface area contributed by atoms with E-state index in [1.807, 2.05) is 0 Å². The molecule has 0 aromatic heterocycles. The molecule has 1 heterocycles. The van der Waals surface area contributed by atoms with Crippen LogP contribution in [0.5, 0.6) is 0 Å². The highest BCUT2D eigenvalue weighted by molar-refractivity contribution is 6.12. The van der Waals surface area contributed by atoms with E-state index in [9.17, 15) is 33.6 Å². The lowest BCUT2D eigenvalue weighted by molar-refractivity contribution is -0.155. The van der Waals surface area contributed by atoms with Crippen LogP contribution in [0.1, 0.15) is 80.1 Å². The fourth-order valence-electron chi connectivity index (χ4n) is 3.73. The monoisotopic (exact) mass is 566 g/mol. The molecule has 13 heteroatoms. The summed E-state index contributed by atoms with van der Waals surface area (Å²) in [5, 5.41) is 16.6. The molecule has 13 nitrogen and oxygen atoms in total. The second kappa shape index (κ2) is 15.7. The van der Waals surface area contributed by atoms with Gasteiger partial charge in [-0.1, -0.05) is 20.3 Å². The van der Waals surface area contributed by atoms with Crippen LogP contribution in [0, 0.1) is 5.92 Å². The van der Waals surface area contributed by atoms with Gasteiger partial charge in [0.2, 0.25) is 17.7 Å². The van der Waals surface area contributed by atoms with Gasteiger partial charge in [-0.25, -0.2) is 0 Å². The molecule has 1 aliphatic heterocycles. The second-order valence-electron chi connectivity index (χ2n) is 11.0. The number of nitrogens with zero attached hydrogens (tertiary/aromatic N) is 1. The first-order chi connectivity index (χ1) is 18.5. The maximum atomic E-state index is 13.2. The molecule has 0 spiro atoms. The highest BCUT2D eigenvalue weighted by Gasteiger charge is 2.31. The maximum absolute atomic E-state index is 13.2.